The maximum Gasteiger partial charge on any atom is 0.0541 e. The molecule has 0 amide bonds. The summed E-state index contributed by atoms with van der Waals surface area (Å²) < 4.78 is 2.39. The number of nitrogens with zero attached hydrogens (tertiary/aromatic N) is 1. The third-order valence-corrected chi connectivity index (χ3v) is 15.5. The molecule has 0 bridgehead atoms. The van der Waals surface area contributed by atoms with Gasteiger partial charge < -0.3 is 4.57 Å². The number of hydrogen-bond donors (Lipinski definition) is 0. The molecule has 1 unspecified atom stereocenters. The van der Waals surface area contributed by atoms with Gasteiger partial charge in [0, 0.05) is 27.8 Å². The van der Waals surface area contributed by atoms with Crippen molar-refractivity contribution in [3.8, 4) is 61.3 Å². The minimum absolute atomic E-state index is 0.122. The lowest BCUT2D eigenvalue weighted by molar-refractivity contribution is 0.654. The van der Waals surface area contributed by atoms with Gasteiger partial charge in [0.25, 0.3) is 0 Å². The predicted octanol–water partition coefficient (Wildman–Crippen LogP) is 18.7. The van der Waals surface area contributed by atoms with E-state index in [9.17, 15) is 0 Å². The number of fused-ring (bicyclic) bond motifs is 7. The fraction of sp³-hybridized carbons (Fsp3) is 0.0857. The first kappa shape index (κ1) is 42.6. The van der Waals surface area contributed by atoms with E-state index in [2.05, 4.69) is 273 Å². The Morgan fingerprint density at radius 3 is 1.51 bits per heavy atom. The van der Waals surface area contributed by atoms with Crippen molar-refractivity contribution in [1.82, 2.24) is 4.57 Å². The van der Waals surface area contributed by atoms with Crippen LogP contribution < -0.4 is 0 Å². The summed E-state index contributed by atoms with van der Waals surface area (Å²) in [6, 6.07) is 94.7. The minimum atomic E-state index is -0.122. The standard InChI is InChI=1S/C70H53N/c1-70(2)66-45-53(49-18-8-4-9-19-49)35-39-62(66)63-40-36-55(46-67(63)70)57(51-33-31-50(32-34-51)48-16-6-3-7-17-48)38-28-47-26-29-52(30-27-47)58-41-42-59(61-23-13-12-22-60(58)61)54-37-43-69-65(44-54)64-24-14-15-25-68(64)71(69)56-20-10-5-11-21-56/h3-27,29-37,39-46,57H,28,38H2,1-2H3. The number of rotatable bonds is 10. The lowest BCUT2D eigenvalue weighted by Crippen LogP contribution is -2.16. The van der Waals surface area contributed by atoms with Crippen LogP contribution in [0.3, 0.4) is 0 Å². The molecule has 1 heteroatoms. The molecule has 1 aromatic heterocycles. The van der Waals surface area contributed by atoms with Crippen LogP contribution in [-0.2, 0) is 11.8 Å². The summed E-state index contributed by atoms with van der Waals surface area (Å²) in [6.07, 6.45) is 1.97. The molecule has 0 saturated heterocycles. The fourth-order valence-corrected chi connectivity index (χ4v) is 11.8. The Morgan fingerprint density at radius 1 is 0.338 bits per heavy atom. The second-order valence-electron chi connectivity index (χ2n) is 20.0. The maximum absolute atomic E-state index is 2.53. The largest absolute Gasteiger partial charge is 0.309 e. The Balaban J connectivity index is 0.811. The van der Waals surface area contributed by atoms with Gasteiger partial charge in [-0.25, -0.2) is 0 Å². The molecule has 0 fully saturated rings. The second kappa shape index (κ2) is 17.5. The third kappa shape index (κ3) is 7.48. The number of hydrogen-bond acceptors (Lipinski definition) is 0. The quantitative estimate of drug-likeness (QED) is 0.129. The summed E-state index contributed by atoms with van der Waals surface area (Å²) in [6.45, 7) is 4.81. The van der Waals surface area contributed by atoms with Crippen LogP contribution in [0.5, 0.6) is 0 Å². The highest BCUT2D eigenvalue weighted by atomic mass is 15.0. The fourth-order valence-electron chi connectivity index (χ4n) is 11.8. The van der Waals surface area contributed by atoms with E-state index in [4.69, 9.17) is 0 Å². The van der Waals surface area contributed by atoms with Crippen molar-refractivity contribution in [3.63, 3.8) is 0 Å². The van der Waals surface area contributed by atoms with Crippen LogP contribution in [0.2, 0.25) is 0 Å². The molecule has 0 spiro atoms. The lowest BCUT2D eigenvalue weighted by atomic mass is 9.79. The summed E-state index contributed by atoms with van der Waals surface area (Å²) in [5.74, 6) is 0.231. The van der Waals surface area contributed by atoms with E-state index in [-0.39, 0.29) is 11.3 Å². The van der Waals surface area contributed by atoms with Gasteiger partial charge in [0.15, 0.2) is 0 Å². The van der Waals surface area contributed by atoms with Crippen LogP contribution in [0, 0.1) is 0 Å². The molecular weight excluding hydrogens is 855 g/mol. The molecule has 12 aromatic rings. The van der Waals surface area contributed by atoms with Gasteiger partial charge in [-0.15, -0.1) is 0 Å². The Kier molecular flexibility index (Phi) is 10.5. The molecule has 1 aliphatic rings. The Bertz CT molecular complexity index is 3920. The maximum atomic E-state index is 2.53. The van der Waals surface area contributed by atoms with Crippen LogP contribution in [0.4, 0.5) is 0 Å². The van der Waals surface area contributed by atoms with Crippen molar-refractivity contribution < 1.29 is 0 Å². The van der Waals surface area contributed by atoms with Gasteiger partial charge in [-0.2, -0.15) is 0 Å². The summed E-state index contributed by atoms with van der Waals surface area (Å²) >= 11 is 0. The van der Waals surface area contributed by atoms with E-state index >= 15 is 0 Å². The SMILES string of the molecule is CC1(C)c2cc(-c3ccccc3)ccc2-c2ccc(C(CCc3ccc(-c4ccc(-c5ccc6c(c5)c5ccccc5n6-c5ccccc5)c5ccccc45)cc3)c3ccc(-c4ccccc4)cc3)cc21. The summed E-state index contributed by atoms with van der Waals surface area (Å²) in [5, 5.41) is 5.06. The van der Waals surface area contributed by atoms with E-state index in [0.29, 0.717) is 0 Å². The van der Waals surface area contributed by atoms with E-state index in [1.165, 1.54) is 122 Å². The van der Waals surface area contributed by atoms with Gasteiger partial charge in [-0.3, -0.25) is 0 Å². The zero-order chi connectivity index (χ0) is 47.5. The molecule has 1 atom stereocenters. The molecule has 11 aromatic carbocycles. The molecule has 338 valence electrons. The van der Waals surface area contributed by atoms with Crippen molar-refractivity contribution in [2.24, 2.45) is 0 Å². The van der Waals surface area contributed by atoms with Crippen LogP contribution in [0.15, 0.2) is 255 Å². The highest BCUT2D eigenvalue weighted by Gasteiger charge is 2.36. The first-order valence-corrected chi connectivity index (χ1v) is 25.2. The van der Waals surface area contributed by atoms with E-state index in [1.54, 1.807) is 0 Å². The van der Waals surface area contributed by atoms with Gasteiger partial charge in [0.1, 0.15) is 0 Å². The van der Waals surface area contributed by atoms with Gasteiger partial charge in [0.2, 0.25) is 0 Å². The highest BCUT2D eigenvalue weighted by Crippen LogP contribution is 2.51. The average Bonchev–Trinajstić information content (AvgIpc) is 3.88. The van der Waals surface area contributed by atoms with Crippen molar-refractivity contribution in [2.45, 2.75) is 38.0 Å². The number of aromatic nitrogens is 1. The molecular formula is C70H53N. The van der Waals surface area contributed by atoms with E-state index in [0.717, 1.165) is 12.8 Å². The van der Waals surface area contributed by atoms with Crippen molar-refractivity contribution >= 4 is 32.6 Å². The van der Waals surface area contributed by atoms with Crippen molar-refractivity contribution in [2.75, 3.05) is 0 Å². The van der Waals surface area contributed by atoms with Crippen LogP contribution in [0.1, 0.15) is 54.0 Å². The second-order valence-corrected chi connectivity index (χ2v) is 20.0. The summed E-state index contributed by atoms with van der Waals surface area (Å²) in [4.78, 5) is 0. The molecule has 0 radical (unpaired) electrons. The summed E-state index contributed by atoms with van der Waals surface area (Å²) in [5.41, 5.74) is 23.1. The van der Waals surface area contributed by atoms with Crippen LogP contribution in [-0.4, -0.2) is 4.57 Å². The van der Waals surface area contributed by atoms with E-state index in [1.807, 2.05) is 0 Å². The zero-order valence-corrected chi connectivity index (χ0v) is 40.2. The van der Waals surface area contributed by atoms with Crippen molar-refractivity contribution in [1.29, 1.82) is 0 Å². The van der Waals surface area contributed by atoms with Gasteiger partial charge >= 0.3 is 0 Å². The molecule has 1 heterocycles. The molecule has 1 aliphatic carbocycles. The molecule has 0 aliphatic heterocycles. The first-order chi connectivity index (χ1) is 35.0. The van der Waals surface area contributed by atoms with Crippen LogP contribution in [0.25, 0.3) is 93.9 Å². The van der Waals surface area contributed by atoms with Gasteiger partial charge in [-0.1, -0.05) is 232 Å². The Hall–Kier alpha value is -8.52. The monoisotopic (exact) mass is 907 g/mol. The minimum Gasteiger partial charge on any atom is -0.309 e. The average molecular weight is 908 g/mol. The molecule has 0 N–H and O–H groups in total. The van der Waals surface area contributed by atoms with Crippen LogP contribution >= 0.6 is 0 Å². The Labute approximate surface area is 417 Å². The topological polar surface area (TPSA) is 4.93 Å². The zero-order valence-electron chi connectivity index (χ0n) is 40.2. The van der Waals surface area contributed by atoms with E-state index < -0.39 is 0 Å². The number of benzene rings is 11. The molecule has 71 heavy (non-hydrogen) atoms. The molecule has 13 rings (SSSR count). The Morgan fingerprint density at radius 2 is 0.817 bits per heavy atom. The highest BCUT2D eigenvalue weighted by molar-refractivity contribution is 6.12. The predicted molar refractivity (Wildman–Crippen MR) is 301 cm³/mol. The first-order valence-electron chi connectivity index (χ1n) is 25.2. The van der Waals surface area contributed by atoms with Gasteiger partial charge in [-0.05, 0) is 143 Å². The summed E-state index contributed by atoms with van der Waals surface area (Å²) in [7, 11) is 0. The normalized spacial score (nSPS) is 13.1. The number of aryl methyl sites for hydroxylation is 1. The molecule has 1 nitrogen and oxygen atoms in total. The third-order valence-electron chi connectivity index (χ3n) is 15.5. The van der Waals surface area contributed by atoms with Gasteiger partial charge in [0.05, 0.1) is 11.0 Å². The smallest absolute Gasteiger partial charge is 0.0541 e. The number of para-hydroxylation sites is 2. The lowest BCUT2D eigenvalue weighted by Gasteiger charge is -2.25. The van der Waals surface area contributed by atoms with Crippen molar-refractivity contribution in [3.05, 3.63) is 283 Å². The molecule has 0 saturated carbocycles.